The molecule has 2 aliphatic rings. The number of thiazole rings is 1. The Bertz CT molecular complexity index is 1550. The molecule has 0 bridgehead atoms. The highest BCUT2D eigenvalue weighted by atomic mass is 32.1. The number of aryl methyl sites for hydroxylation is 1. The number of benzene rings is 2. The Hall–Kier alpha value is -4.45. The highest BCUT2D eigenvalue weighted by Gasteiger charge is 2.48. The number of methoxy groups -OCH3 is 1. The van der Waals surface area contributed by atoms with Crippen molar-refractivity contribution in [2.75, 3.05) is 40.3 Å². The molecule has 11 nitrogen and oxygen atoms in total. The van der Waals surface area contributed by atoms with Gasteiger partial charge in [0.1, 0.15) is 10.9 Å². The van der Waals surface area contributed by atoms with Gasteiger partial charge in [-0.1, -0.05) is 30.3 Å². The van der Waals surface area contributed by atoms with Crippen molar-refractivity contribution in [3.63, 3.8) is 0 Å². The molecule has 2 fully saturated rings. The molecule has 0 aliphatic carbocycles. The minimum Gasteiger partial charge on any atom is -0.493 e. The number of ether oxygens (including phenoxy) is 2. The van der Waals surface area contributed by atoms with Gasteiger partial charge in [0.05, 0.1) is 30.8 Å². The summed E-state index contributed by atoms with van der Waals surface area (Å²) >= 11 is 1.25. The van der Waals surface area contributed by atoms with Gasteiger partial charge in [-0.15, -0.1) is 11.3 Å². The number of nitrogens with one attached hydrogen (secondary N) is 2. The molecule has 5 rings (SSSR count). The lowest BCUT2D eigenvalue weighted by molar-refractivity contribution is -0.133. The lowest BCUT2D eigenvalue weighted by atomic mass is 9.79. The largest absolute Gasteiger partial charge is 0.493 e. The van der Waals surface area contributed by atoms with Crippen molar-refractivity contribution in [2.45, 2.75) is 45.3 Å². The number of fused-ring (bicyclic) bond motifs is 1. The number of hydrogen-bond acceptors (Lipinski definition) is 8. The number of likely N-dealkylation sites (N-methyl/N-ethyl adjacent to an activating group) is 1. The second-order valence-corrected chi connectivity index (χ2v) is 13.3. The maximum absolute atomic E-state index is 14.0. The minimum atomic E-state index is -0.722. The Morgan fingerprint density at radius 2 is 1.72 bits per heavy atom. The molecule has 3 aromatic rings. The summed E-state index contributed by atoms with van der Waals surface area (Å²) in [5.74, 6) is -0.834. The molecule has 2 aromatic carbocycles. The molecule has 250 valence electrons. The zero-order valence-electron chi connectivity index (χ0n) is 27.3. The smallest absolute Gasteiger partial charge is 0.265 e. The fourth-order valence-electron chi connectivity index (χ4n) is 6.57. The fraction of sp³-hybridized carbons (Fsp3) is 0.457. The summed E-state index contributed by atoms with van der Waals surface area (Å²) in [5.41, 5.74) is 3.22. The predicted octanol–water partition coefficient (Wildman–Crippen LogP) is 3.65. The summed E-state index contributed by atoms with van der Waals surface area (Å²) in [5, 5.41) is 5.69. The summed E-state index contributed by atoms with van der Waals surface area (Å²) in [6.07, 6.45) is 3.43. The standard InChI is InChI=1S/C35H43N5O6S/c1-22(2)46-29-14-13-24(15-30(29)45-4)34(43)39-17-25-18-40(35(44)31-16-37-21-47-31)20-27(26(25)19-39)32(41)38-28(33(42)36-3)12-8-11-23-9-6-5-7-10-23/h5-7,9-10,13-16,21-22,25-28H,8,11-12,17-20H2,1-4H3,(H,36,42)(H,38,41). The first kappa shape index (κ1) is 33.9. The lowest BCUT2D eigenvalue weighted by Crippen LogP contribution is -2.56. The zero-order valence-corrected chi connectivity index (χ0v) is 28.1. The van der Waals surface area contributed by atoms with Crippen molar-refractivity contribution in [1.29, 1.82) is 0 Å². The molecule has 2 N–H and O–H groups in total. The van der Waals surface area contributed by atoms with Crippen LogP contribution in [0.15, 0.2) is 60.2 Å². The van der Waals surface area contributed by atoms with E-state index < -0.39 is 12.0 Å². The van der Waals surface area contributed by atoms with E-state index in [1.165, 1.54) is 24.6 Å². The Kier molecular flexibility index (Phi) is 11.1. The molecule has 0 radical (unpaired) electrons. The average Bonchev–Trinajstić information content (AvgIpc) is 3.78. The number of hydrogen-bond donors (Lipinski definition) is 2. The Morgan fingerprint density at radius 1 is 0.979 bits per heavy atom. The minimum absolute atomic E-state index is 0.0577. The van der Waals surface area contributed by atoms with Crippen LogP contribution >= 0.6 is 11.3 Å². The van der Waals surface area contributed by atoms with Crippen LogP contribution in [-0.4, -0.2) is 90.9 Å². The second kappa shape index (κ2) is 15.4. The van der Waals surface area contributed by atoms with Gasteiger partial charge in [0.15, 0.2) is 11.5 Å². The average molecular weight is 662 g/mol. The van der Waals surface area contributed by atoms with E-state index in [9.17, 15) is 19.2 Å². The monoisotopic (exact) mass is 661 g/mol. The van der Waals surface area contributed by atoms with Crippen molar-refractivity contribution in [2.24, 2.45) is 17.8 Å². The van der Waals surface area contributed by atoms with Crippen molar-refractivity contribution >= 4 is 35.0 Å². The van der Waals surface area contributed by atoms with Crippen molar-refractivity contribution in [3.8, 4) is 11.5 Å². The van der Waals surface area contributed by atoms with Crippen LogP contribution in [0.25, 0.3) is 0 Å². The second-order valence-electron chi connectivity index (χ2n) is 12.4. The highest BCUT2D eigenvalue weighted by Crippen LogP contribution is 2.38. The van der Waals surface area contributed by atoms with E-state index in [1.54, 1.807) is 40.6 Å². The van der Waals surface area contributed by atoms with Gasteiger partial charge in [0.2, 0.25) is 11.8 Å². The molecule has 0 saturated carbocycles. The molecule has 4 unspecified atom stereocenters. The van der Waals surface area contributed by atoms with Gasteiger partial charge in [-0.25, -0.2) is 0 Å². The first-order valence-corrected chi connectivity index (χ1v) is 16.9. The van der Waals surface area contributed by atoms with Crippen LogP contribution in [0.2, 0.25) is 0 Å². The van der Waals surface area contributed by atoms with Gasteiger partial charge in [0, 0.05) is 38.8 Å². The molecular formula is C35H43N5O6S. The number of piperidine rings is 1. The quantitative estimate of drug-likeness (QED) is 0.303. The van der Waals surface area contributed by atoms with Crippen LogP contribution in [0, 0.1) is 17.8 Å². The lowest BCUT2D eigenvalue weighted by Gasteiger charge is -2.39. The van der Waals surface area contributed by atoms with E-state index in [4.69, 9.17) is 9.47 Å². The maximum atomic E-state index is 14.0. The molecule has 3 heterocycles. The van der Waals surface area contributed by atoms with E-state index >= 15 is 0 Å². The first-order chi connectivity index (χ1) is 22.7. The van der Waals surface area contributed by atoms with Gasteiger partial charge in [0.25, 0.3) is 11.8 Å². The summed E-state index contributed by atoms with van der Waals surface area (Å²) in [7, 11) is 3.09. The zero-order chi connectivity index (χ0) is 33.5. The van der Waals surface area contributed by atoms with Gasteiger partial charge in [-0.3, -0.25) is 24.2 Å². The molecule has 4 amide bonds. The van der Waals surface area contributed by atoms with E-state index in [1.807, 2.05) is 44.2 Å². The molecule has 1 aromatic heterocycles. The number of rotatable bonds is 12. The van der Waals surface area contributed by atoms with E-state index in [-0.39, 0.29) is 48.1 Å². The maximum Gasteiger partial charge on any atom is 0.265 e. The third-order valence-corrected chi connectivity index (χ3v) is 9.65. The summed E-state index contributed by atoms with van der Waals surface area (Å²) in [4.78, 5) is 62.2. The molecule has 47 heavy (non-hydrogen) atoms. The topological polar surface area (TPSA) is 130 Å². The fourth-order valence-corrected chi connectivity index (χ4v) is 7.16. The van der Waals surface area contributed by atoms with Gasteiger partial charge >= 0.3 is 0 Å². The van der Waals surface area contributed by atoms with E-state index in [0.29, 0.717) is 54.4 Å². The van der Waals surface area contributed by atoms with Gasteiger partial charge < -0.3 is 29.9 Å². The summed E-state index contributed by atoms with van der Waals surface area (Å²) < 4.78 is 11.3. The Labute approximate surface area is 279 Å². The number of likely N-dealkylation sites (tertiary alicyclic amines) is 2. The molecular weight excluding hydrogens is 618 g/mol. The molecule has 2 aliphatic heterocycles. The van der Waals surface area contributed by atoms with Crippen LogP contribution in [0.4, 0.5) is 0 Å². The molecule has 0 spiro atoms. The van der Waals surface area contributed by atoms with Gasteiger partial charge in [-0.2, -0.15) is 0 Å². The van der Waals surface area contributed by atoms with E-state index in [0.717, 1.165) is 12.0 Å². The number of carbonyl (C=O) groups is 4. The third kappa shape index (κ3) is 8.10. The number of nitrogens with zero attached hydrogens (tertiary/aromatic N) is 3. The van der Waals surface area contributed by atoms with Crippen LogP contribution in [0.5, 0.6) is 11.5 Å². The normalized spacial score (nSPS) is 19.6. The first-order valence-electron chi connectivity index (χ1n) is 16.1. The van der Waals surface area contributed by atoms with Crippen molar-refractivity contribution in [1.82, 2.24) is 25.4 Å². The highest BCUT2D eigenvalue weighted by molar-refractivity contribution is 7.11. The van der Waals surface area contributed by atoms with E-state index in [2.05, 4.69) is 15.6 Å². The van der Waals surface area contributed by atoms with Crippen molar-refractivity contribution in [3.05, 3.63) is 76.2 Å². The third-order valence-electron chi connectivity index (χ3n) is 8.89. The van der Waals surface area contributed by atoms with Crippen LogP contribution in [0.3, 0.4) is 0 Å². The van der Waals surface area contributed by atoms with Crippen LogP contribution in [-0.2, 0) is 16.0 Å². The van der Waals surface area contributed by atoms with Gasteiger partial charge in [-0.05, 0) is 68.7 Å². The number of amides is 4. The van der Waals surface area contributed by atoms with Crippen molar-refractivity contribution < 1.29 is 28.7 Å². The molecule has 2 saturated heterocycles. The summed E-state index contributed by atoms with van der Waals surface area (Å²) in [6, 6.07) is 14.4. The predicted molar refractivity (Wildman–Crippen MR) is 179 cm³/mol. The molecule has 12 heteroatoms. The Morgan fingerprint density at radius 3 is 2.38 bits per heavy atom. The number of aromatic nitrogens is 1. The Balaban J connectivity index is 1.34. The van der Waals surface area contributed by atoms with Crippen LogP contribution < -0.4 is 20.1 Å². The molecule has 4 atom stereocenters. The van der Waals surface area contributed by atoms with Crippen LogP contribution in [0.1, 0.15) is 52.3 Å². The summed E-state index contributed by atoms with van der Waals surface area (Å²) in [6.45, 7) is 5.18. The number of carbonyl (C=O) groups excluding carboxylic acids is 4. The SMILES string of the molecule is CNC(=O)C(CCCc1ccccc1)NC(=O)C1CN(C(=O)c2cncs2)CC2CN(C(=O)c3ccc(OC(C)C)c(OC)c3)CC21.